The van der Waals surface area contributed by atoms with Crippen molar-refractivity contribution in [3.63, 3.8) is 0 Å². The Morgan fingerprint density at radius 3 is 2.42 bits per heavy atom. The molecule has 12 nitrogen and oxygen atoms in total. The van der Waals surface area contributed by atoms with Crippen molar-refractivity contribution in [1.82, 2.24) is 33.4 Å². The molecule has 48 heavy (non-hydrogen) atoms. The van der Waals surface area contributed by atoms with Crippen molar-refractivity contribution in [3.8, 4) is 6.07 Å². The number of piperazine rings is 1. The quantitative estimate of drug-likeness (QED) is 0.257. The van der Waals surface area contributed by atoms with Crippen LogP contribution < -0.4 is 14.9 Å². The third kappa shape index (κ3) is 6.05. The standard InChI is InChI=1S/C34H46N10O2S2/c1-6-28-14-30-32(38-34(36-4)39-33(30)47-28)42-20-25-18-40(19-26(25)21-42)17-24-7-8-31-29(23(24)3)13-27(15-35)44(31)16-22(2)41-9-11-43(12-10-41)48(45,46)37-5/h7-8,13-14,22,25-26,37H,6,9-12,16-21H2,1-5H3,(H,36,38,39)/t22-,25?,26?/m0/s1. The Kier molecular flexibility index (Phi) is 9.12. The van der Waals surface area contributed by atoms with E-state index in [1.807, 2.05) is 13.1 Å². The zero-order chi connectivity index (χ0) is 33.7. The molecule has 0 aliphatic carbocycles. The number of anilines is 2. The third-order valence-electron chi connectivity index (χ3n) is 10.8. The molecule has 0 saturated carbocycles. The van der Waals surface area contributed by atoms with Crippen LogP contribution in [0.5, 0.6) is 0 Å². The van der Waals surface area contributed by atoms with E-state index in [0.717, 1.165) is 60.7 Å². The normalized spacial score (nSPS) is 21.7. The van der Waals surface area contributed by atoms with E-state index < -0.39 is 10.2 Å². The molecule has 7 rings (SSSR count). The van der Waals surface area contributed by atoms with Gasteiger partial charge in [-0.3, -0.25) is 9.80 Å². The average molecular weight is 691 g/mol. The predicted octanol–water partition coefficient (Wildman–Crippen LogP) is 3.47. The van der Waals surface area contributed by atoms with Gasteiger partial charge in [-0.25, -0.2) is 9.71 Å². The molecule has 256 valence electrons. The Hall–Kier alpha value is -3.32. The van der Waals surface area contributed by atoms with E-state index in [1.54, 1.807) is 11.3 Å². The molecule has 1 aromatic carbocycles. The number of rotatable bonds is 10. The second kappa shape index (κ2) is 13.2. The van der Waals surface area contributed by atoms with Crippen molar-refractivity contribution in [2.24, 2.45) is 11.8 Å². The molecule has 14 heteroatoms. The van der Waals surface area contributed by atoms with Gasteiger partial charge in [0.1, 0.15) is 22.4 Å². The third-order valence-corrected chi connectivity index (χ3v) is 13.5. The number of likely N-dealkylation sites (tertiary alicyclic amines) is 1. The van der Waals surface area contributed by atoms with Gasteiger partial charge in [0.25, 0.3) is 10.2 Å². The van der Waals surface area contributed by atoms with E-state index in [0.29, 0.717) is 56.2 Å². The maximum absolute atomic E-state index is 12.2. The number of hydrogen-bond acceptors (Lipinski definition) is 10. The molecule has 0 radical (unpaired) electrons. The first-order valence-corrected chi connectivity index (χ1v) is 19.3. The van der Waals surface area contributed by atoms with E-state index >= 15 is 0 Å². The molecule has 2 N–H and O–H groups in total. The van der Waals surface area contributed by atoms with Crippen LogP contribution in [0, 0.1) is 30.1 Å². The fraction of sp³-hybridized carbons (Fsp3) is 0.559. The maximum Gasteiger partial charge on any atom is 0.279 e. The van der Waals surface area contributed by atoms with Crippen LogP contribution in [0.4, 0.5) is 11.8 Å². The van der Waals surface area contributed by atoms with Crippen LogP contribution >= 0.6 is 11.3 Å². The minimum Gasteiger partial charge on any atom is -0.357 e. The Morgan fingerprint density at radius 2 is 1.77 bits per heavy atom. The Labute approximate surface area is 287 Å². The van der Waals surface area contributed by atoms with E-state index in [-0.39, 0.29) is 6.04 Å². The monoisotopic (exact) mass is 690 g/mol. The first-order valence-electron chi connectivity index (χ1n) is 17.0. The van der Waals surface area contributed by atoms with Crippen molar-refractivity contribution in [1.29, 1.82) is 5.26 Å². The summed E-state index contributed by atoms with van der Waals surface area (Å²) >= 11 is 1.77. The lowest BCUT2D eigenvalue weighted by Crippen LogP contribution is -2.54. The van der Waals surface area contributed by atoms with Gasteiger partial charge < -0.3 is 14.8 Å². The van der Waals surface area contributed by atoms with Crippen LogP contribution in [0.25, 0.3) is 21.1 Å². The lowest BCUT2D eigenvalue weighted by atomic mass is 10.0. The number of nitrogens with zero attached hydrogens (tertiary/aromatic N) is 8. The fourth-order valence-corrected chi connectivity index (χ4v) is 9.86. The van der Waals surface area contributed by atoms with E-state index in [4.69, 9.17) is 9.97 Å². The lowest BCUT2D eigenvalue weighted by molar-refractivity contribution is 0.135. The number of fused-ring (bicyclic) bond motifs is 3. The maximum atomic E-state index is 12.2. The molecule has 3 fully saturated rings. The first-order chi connectivity index (χ1) is 23.1. The van der Waals surface area contributed by atoms with Crippen molar-refractivity contribution in [3.05, 3.63) is 46.0 Å². The fourth-order valence-electron chi connectivity index (χ4n) is 7.99. The van der Waals surface area contributed by atoms with E-state index in [1.165, 1.54) is 32.7 Å². The number of aromatic nitrogens is 3. The summed E-state index contributed by atoms with van der Waals surface area (Å²) in [7, 11) is -0.0714. The molecule has 3 aliphatic heterocycles. The van der Waals surface area contributed by atoms with Crippen molar-refractivity contribution >= 4 is 54.4 Å². The zero-order valence-corrected chi connectivity index (χ0v) is 30.2. The van der Waals surface area contributed by atoms with Gasteiger partial charge in [-0.15, -0.1) is 11.3 Å². The molecule has 0 amide bonds. The molecule has 3 aliphatic rings. The Balaban J connectivity index is 1.02. The molecule has 6 heterocycles. The summed E-state index contributed by atoms with van der Waals surface area (Å²) in [6, 6.07) is 11.4. The summed E-state index contributed by atoms with van der Waals surface area (Å²) in [6.45, 7) is 14.5. The van der Waals surface area contributed by atoms with Gasteiger partial charge in [0.05, 0.1) is 5.39 Å². The number of thiophene rings is 1. The Morgan fingerprint density at radius 1 is 1.04 bits per heavy atom. The smallest absolute Gasteiger partial charge is 0.279 e. The Bertz CT molecular complexity index is 1960. The summed E-state index contributed by atoms with van der Waals surface area (Å²) in [6.07, 6.45) is 1.01. The van der Waals surface area contributed by atoms with Crippen LogP contribution in [0.2, 0.25) is 0 Å². The number of aryl methyl sites for hydroxylation is 2. The van der Waals surface area contributed by atoms with Crippen molar-refractivity contribution in [2.45, 2.75) is 46.3 Å². The SMILES string of the molecule is CCc1cc2c(N3CC4CN(Cc5ccc6c(cc(C#N)n6C[C@H](C)N6CCN(S(=O)(=O)NC)CC6)c5C)CC4C3)nc(NC)nc2s1. The van der Waals surface area contributed by atoms with E-state index in [9.17, 15) is 13.7 Å². The van der Waals surface area contributed by atoms with Crippen molar-refractivity contribution < 1.29 is 8.42 Å². The molecule has 3 aromatic heterocycles. The van der Waals surface area contributed by atoms with Gasteiger partial charge >= 0.3 is 0 Å². The van der Waals surface area contributed by atoms with Gasteiger partial charge in [0.15, 0.2) is 0 Å². The molecule has 2 unspecified atom stereocenters. The number of nitriles is 1. The number of benzene rings is 1. The van der Waals surface area contributed by atoms with E-state index in [2.05, 4.69) is 74.3 Å². The minimum absolute atomic E-state index is 0.160. The van der Waals surface area contributed by atoms with Gasteiger partial charge in [0.2, 0.25) is 5.95 Å². The molecular formula is C34H46N10O2S2. The predicted molar refractivity (Wildman–Crippen MR) is 193 cm³/mol. The molecule has 4 aromatic rings. The summed E-state index contributed by atoms with van der Waals surface area (Å²) in [5.74, 6) is 2.97. The first kappa shape index (κ1) is 33.2. The lowest BCUT2D eigenvalue weighted by Gasteiger charge is -2.37. The van der Waals surface area contributed by atoms with Crippen LogP contribution in [-0.2, 0) is 29.7 Å². The summed E-state index contributed by atoms with van der Waals surface area (Å²) in [5.41, 5.74) is 4.31. The summed E-state index contributed by atoms with van der Waals surface area (Å²) in [5, 5.41) is 15.6. The van der Waals surface area contributed by atoms with Crippen LogP contribution in [-0.4, -0.2) is 110 Å². The van der Waals surface area contributed by atoms with Crippen LogP contribution in [0.1, 0.15) is 35.5 Å². The highest BCUT2D eigenvalue weighted by Crippen LogP contribution is 2.39. The highest BCUT2D eigenvalue weighted by Gasteiger charge is 2.41. The zero-order valence-electron chi connectivity index (χ0n) is 28.5. The largest absolute Gasteiger partial charge is 0.357 e. The minimum atomic E-state index is -3.41. The second-order valence-electron chi connectivity index (χ2n) is 13.6. The molecule has 3 saturated heterocycles. The molecular weight excluding hydrogens is 645 g/mol. The van der Waals surface area contributed by atoms with Crippen molar-refractivity contribution in [2.75, 3.05) is 76.7 Å². The molecule has 0 bridgehead atoms. The highest BCUT2D eigenvalue weighted by molar-refractivity contribution is 7.87. The molecule has 0 spiro atoms. The summed E-state index contributed by atoms with van der Waals surface area (Å²) < 4.78 is 30.5. The second-order valence-corrected chi connectivity index (χ2v) is 16.5. The molecule has 3 atom stereocenters. The van der Waals surface area contributed by atoms with Gasteiger partial charge in [-0.1, -0.05) is 13.0 Å². The summed E-state index contributed by atoms with van der Waals surface area (Å²) in [4.78, 5) is 19.5. The topological polar surface area (TPSA) is 126 Å². The van der Waals surface area contributed by atoms with Crippen LogP contribution in [0.15, 0.2) is 24.3 Å². The van der Waals surface area contributed by atoms with Gasteiger partial charge in [-0.2, -0.15) is 23.0 Å². The highest BCUT2D eigenvalue weighted by atomic mass is 32.2. The number of hydrogen-bond donors (Lipinski definition) is 2. The average Bonchev–Trinajstić information content (AvgIpc) is 3.87. The van der Waals surface area contributed by atoms with Crippen LogP contribution in [0.3, 0.4) is 0 Å². The number of nitrogens with one attached hydrogen (secondary N) is 2. The van der Waals surface area contributed by atoms with Gasteiger partial charge in [0, 0.05) is 101 Å². The van der Waals surface area contributed by atoms with Gasteiger partial charge in [-0.05, 0) is 61.4 Å².